The van der Waals surface area contributed by atoms with Crippen LogP contribution in [-0.4, -0.2) is 53.1 Å². The Morgan fingerprint density at radius 1 is 1.22 bits per heavy atom. The van der Waals surface area contributed by atoms with E-state index in [1.807, 2.05) is 51.1 Å². The number of nitrogens with zero attached hydrogens (tertiary/aromatic N) is 1. The predicted molar refractivity (Wildman–Crippen MR) is 122 cm³/mol. The van der Waals surface area contributed by atoms with Gasteiger partial charge in [0.25, 0.3) is 0 Å². The molecule has 7 heteroatoms. The van der Waals surface area contributed by atoms with Crippen molar-refractivity contribution in [3.05, 3.63) is 41.5 Å². The number of allylic oxidation sites excluding steroid dienone is 1. The molecule has 1 aromatic carbocycles. The van der Waals surface area contributed by atoms with Crippen LogP contribution in [-0.2, 0) is 19.1 Å². The minimum atomic E-state index is -0.819. The zero-order chi connectivity index (χ0) is 23.6. The van der Waals surface area contributed by atoms with Crippen molar-refractivity contribution in [3.63, 3.8) is 0 Å². The predicted octanol–water partition coefficient (Wildman–Crippen LogP) is 2.84. The second kappa shape index (κ2) is 9.86. The standard InChI is InChI=1S/C25H34N2O5/c1-6-17-10-11-18-21(20(17)25(31)32-7-2)24(30)27(16(5)13-28)22(18)23(29)26-19-12-14(3)8-9-15(19)4/h8-12,16-18,20-22,28H,6-7,13H2,1-5H3,(H,26,29)/t16-,17-,18+,20-,21+,22+/m1/s1. The molecule has 1 heterocycles. The molecule has 1 aliphatic heterocycles. The largest absolute Gasteiger partial charge is 0.466 e. The molecule has 2 N–H and O–H groups in total. The number of fused-ring (bicyclic) bond motifs is 1. The maximum Gasteiger partial charge on any atom is 0.310 e. The summed E-state index contributed by atoms with van der Waals surface area (Å²) in [5.74, 6) is -2.94. The molecule has 1 fully saturated rings. The van der Waals surface area contributed by atoms with Crippen molar-refractivity contribution in [2.75, 3.05) is 18.5 Å². The molecule has 1 saturated heterocycles. The minimum Gasteiger partial charge on any atom is -0.466 e. The van der Waals surface area contributed by atoms with E-state index < -0.39 is 35.8 Å². The first-order chi connectivity index (χ1) is 15.2. The Morgan fingerprint density at radius 3 is 2.56 bits per heavy atom. The summed E-state index contributed by atoms with van der Waals surface area (Å²) >= 11 is 0. The van der Waals surface area contributed by atoms with Crippen LogP contribution in [0.3, 0.4) is 0 Å². The van der Waals surface area contributed by atoms with Crippen molar-refractivity contribution in [1.29, 1.82) is 0 Å². The lowest BCUT2D eigenvalue weighted by molar-refractivity contribution is -0.156. The van der Waals surface area contributed by atoms with E-state index >= 15 is 0 Å². The van der Waals surface area contributed by atoms with E-state index in [1.165, 1.54) is 4.90 Å². The molecule has 174 valence electrons. The highest BCUT2D eigenvalue weighted by Gasteiger charge is 2.58. The molecule has 0 aromatic heterocycles. The first-order valence-corrected chi connectivity index (χ1v) is 11.4. The van der Waals surface area contributed by atoms with E-state index in [4.69, 9.17) is 4.74 Å². The molecular weight excluding hydrogens is 408 g/mol. The smallest absolute Gasteiger partial charge is 0.310 e. The van der Waals surface area contributed by atoms with Crippen molar-refractivity contribution in [1.82, 2.24) is 4.90 Å². The van der Waals surface area contributed by atoms with Gasteiger partial charge in [-0.3, -0.25) is 14.4 Å². The number of likely N-dealkylation sites (tertiary alicyclic amines) is 1. The average Bonchev–Trinajstić information content (AvgIpc) is 3.07. The fraction of sp³-hybridized carbons (Fsp3) is 0.560. The molecule has 7 nitrogen and oxygen atoms in total. The van der Waals surface area contributed by atoms with Crippen LogP contribution in [0, 0.1) is 37.5 Å². The van der Waals surface area contributed by atoms with Gasteiger partial charge in [-0.15, -0.1) is 0 Å². The van der Waals surface area contributed by atoms with Gasteiger partial charge in [0.15, 0.2) is 0 Å². The number of hydrogen-bond donors (Lipinski definition) is 2. The van der Waals surface area contributed by atoms with Gasteiger partial charge in [-0.25, -0.2) is 0 Å². The maximum absolute atomic E-state index is 13.6. The van der Waals surface area contributed by atoms with Gasteiger partial charge in [0.2, 0.25) is 11.8 Å². The van der Waals surface area contributed by atoms with Crippen molar-refractivity contribution in [3.8, 4) is 0 Å². The number of aliphatic hydroxyl groups is 1. The van der Waals surface area contributed by atoms with Crippen LogP contribution in [0.2, 0.25) is 0 Å². The third-order valence-electron chi connectivity index (χ3n) is 6.74. The summed E-state index contributed by atoms with van der Waals surface area (Å²) in [5, 5.41) is 12.8. The van der Waals surface area contributed by atoms with Crippen LogP contribution in [0.4, 0.5) is 5.69 Å². The molecule has 1 aromatic rings. The number of hydrogen-bond acceptors (Lipinski definition) is 5. The molecule has 0 radical (unpaired) electrons. The molecular formula is C25H34N2O5. The number of anilines is 1. The molecule has 0 saturated carbocycles. The Kier molecular flexibility index (Phi) is 7.39. The average molecular weight is 443 g/mol. The van der Waals surface area contributed by atoms with Crippen LogP contribution >= 0.6 is 0 Å². The number of nitrogens with one attached hydrogen (secondary N) is 1. The Morgan fingerprint density at radius 2 is 1.94 bits per heavy atom. The lowest BCUT2D eigenvalue weighted by Crippen LogP contribution is -2.49. The molecule has 2 aliphatic rings. The van der Waals surface area contributed by atoms with Gasteiger partial charge in [0.05, 0.1) is 31.1 Å². The second-order valence-corrected chi connectivity index (χ2v) is 8.87. The third-order valence-corrected chi connectivity index (χ3v) is 6.74. The molecule has 0 unspecified atom stereocenters. The van der Waals surface area contributed by atoms with Crippen LogP contribution < -0.4 is 5.32 Å². The fourth-order valence-electron chi connectivity index (χ4n) is 5.04. The van der Waals surface area contributed by atoms with Crippen LogP contribution in [0.1, 0.15) is 38.3 Å². The van der Waals surface area contributed by atoms with Crippen molar-refractivity contribution >= 4 is 23.5 Å². The number of carbonyl (C=O) groups excluding carboxylic acids is 3. The van der Waals surface area contributed by atoms with Crippen LogP contribution in [0.25, 0.3) is 0 Å². The number of amides is 2. The highest BCUT2D eigenvalue weighted by atomic mass is 16.5. The Hall–Kier alpha value is -2.67. The number of aryl methyl sites for hydroxylation is 2. The quantitative estimate of drug-likeness (QED) is 0.500. The normalized spacial score (nSPS) is 27.8. The molecule has 1 aliphatic carbocycles. The molecule has 32 heavy (non-hydrogen) atoms. The van der Waals surface area contributed by atoms with Gasteiger partial charge in [-0.2, -0.15) is 0 Å². The summed E-state index contributed by atoms with van der Waals surface area (Å²) in [6.45, 7) is 9.25. The molecule has 6 atom stereocenters. The van der Waals surface area contributed by atoms with Crippen molar-refractivity contribution in [2.24, 2.45) is 23.7 Å². The van der Waals surface area contributed by atoms with E-state index in [2.05, 4.69) is 5.32 Å². The maximum atomic E-state index is 13.6. The van der Waals surface area contributed by atoms with Crippen molar-refractivity contribution in [2.45, 2.75) is 53.1 Å². The van der Waals surface area contributed by atoms with Gasteiger partial charge in [-0.05, 0) is 57.2 Å². The summed E-state index contributed by atoms with van der Waals surface area (Å²) in [4.78, 5) is 41.5. The number of ether oxygens (including phenoxy) is 1. The fourth-order valence-corrected chi connectivity index (χ4v) is 5.04. The third kappa shape index (κ3) is 4.31. The number of aliphatic hydroxyl groups excluding tert-OH is 1. The van der Waals surface area contributed by atoms with E-state index in [9.17, 15) is 19.5 Å². The molecule has 0 spiro atoms. The Bertz CT molecular complexity index is 912. The molecule has 2 amide bonds. The lowest BCUT2D eigenvalue weighted by Gasteiger charge is -2.33. The van der Waals surface area contributed by atoms with Gasteiger partial charge in [-0.1, -0.05) is 31.2 Å². The lowest BCUT2D eigenvalue weighted by atomic mass is 9.69. The van der Waals surface area contributed by atoms with Crippen molar-refractivity contribution < 1.29 is 24.2 Å². The van der Waals surface area contributed by atoms with E-state index in [0.717, 1.165) is 11.1 Å². The number of esters is 1. The number of rotatable bonds is 7. The highest BCUT2D eigenvalue weighted by Crippen LogP contribution is 2.46. The summed E-state index contributed by atoms with van der Waals surface area (Å²) in [6, 6.07) is 4.43. The highest BCUT2D eigenvalue weighted by molar-refractivity contribution is 6.02. The zero-order valence-electron chi connectivity index (χ0n) is 19.5. The first kappa shape index (κ1) is 24.0. The zero-order valence-corrected chi connectivity index (χ0v) is 19.5. The summed E-state index contributed by atoms with van der Waals surface area (Å²) in [7, 11) is 0. The van der Waals surface area contributed by atoms with E-state index in [-0.39, 0.29) is 30.9 Å². The van der Waals surface area contributed by atoms with Gasteiger partial charge < -0.3 is 20.1 Å². The first-order valence-electron chi connectivity index (χ1n) is 11.4. The topological polar surface area (TPSA) is 95.9 Å². The van der Waals surface area contributed by atoms with E-state index in [1.54, 1.807) is 13.8 Å². The minimum absolute atomic E-state index is 0.133. The number of carbonyl (C=O) groups is 3. The van der Waals surface area contributed by atoms with Gasteiger partial charge >= 0.3 is 5.97 Å². The van der Waals surface area contributed by atoms with Crippen LogP contribution in [0.15, 0.2) is 30.4 Å². The molecule has 3 rings (SSSR count). The Balaban J connectivity index is 2.02. The molecule has 0 bridgehead atoms. The summed E-state index contributed by atoms with van der Waals surface area (Å²) in [6.07, 6.45) is 4.54. The second-order valence-electron chi connectivity index (χ2n) is 8.87. The number of benzene rings is 1. The Labute approximate surface area is 189 Å². The van der Waals surface area contributed by atoms with E-state index in [0.29, 0.717) is 12.1 Å². The van der Waals surface area contributed by atoms with Gasteiger partial charge in [0, 0.05) is 11.6 Å². The summed E-state index contributed by atoms with van der Waals surface area (Å²) < 4.78 is 5.32. The monoisotopic (exact) mass is 442 g/mol. The van der Waals surface area contributed by atoms with Gasteiger partial charge in [0.1, 0.15) is 6.04 Å². The van der Waals surface area contributed by atoms with Crippen LogP contribution in [0.5, 0.6) is 0 Å². The SMILES string of the molecule is CCOC(=O)[C@H]1[C@H]2C(=O)N([C@H](C)CO)[C@H](C(=O)Nc3cc(C)ccc3C)[C@H]2C=C[C@H]1CC. The summed E-state index contributed by atoms with van der Waals surface area (Å²) in [5.41, 5.74) is 2.62.